The lowest BCUT2D eigenvalue weighted by molar-refractivity contribution is 0.0950. The molecule has 25 heavy (non-hydrogen) atoms. The Kier molecular flexibility index (Phi) is 5.62. The number of nitrogens with zero attached hydrogens (tertiary/aromatic N) is 2. The number of nitrogens with one attached hydrogen (secondary N) is 1. The Bertz CT molecular complexity index is 924. The summed E-state index contributed by atoms with van der Waals surface area (Å²) < 4.78 is 18.9. The molecule has 5 nitrogen and oxygen atoms in total. The summed E-state index contributed by atoms with van der Waals surface area (Å²) in [7, 11) is 0. The minimum Gasteiger partial charge on any atom is -0.464 e. The fraction of sp³-hybridized carbons (Fsp3) is 0.0625. The van der Waals surface area contributed by atoms with Gasteiger partial charge in [0.05, 0.1) is 9.51 Å². The maximum atomic E-state index is 12.9. The summed E-state index contributed by atoms with van der Waals surface area (Å²) in [5.74, 6) is -0.151. The topological polar surface area (TPSA) is 68.0 Å². The van der Waals surface area contributed by atoms with E-state index in [1.165, 1.54) is 18.4 Å². The van der Waals surface area contributed by atoms with E-state index < -0.39 is 0 Å². The highest BCUT2D eigenvalue weighted by Crippen LogP contribution is 2.26. The van der Waals surface area contributed by atoms with Crippen LogP contribution in [0.15, 0.2) is 45.5 Å². The van der Waals surface area contributed by atoms with Crippen LogP contribution in [0.3, 0.4) is 0 Å². The second-order valence-corrected chi connectivity index (χ2v) is 7.18. The second kappa shape index (κ2) is 7.90. The van der Waals surface area contributed by atoms with Gasteiger partial charge in [-0.05, 0) is 39.7 Å². The summed E-state index contributed by atoms with van der Waals surface area (Å²) in [5, 5.41) is 11.4. The molecule has 0 saturated heterocycles. The summed E-state index contributed by atoms with van der Waals surface area (Å²) in [5.41, 5.74) is 0.779. The number of halogens is 3. The summed E-state index contributed by atoms with van der Waals surface area (Å²) in [4.78, 5) is 12.1. The van der Waals surface area contributed by atoms with Crippen molar-refractivity contribution in [2.75, 3.05) is 0 Å². The minimum atomic E-state index is -0.377. The Hall–Kier alpha value is -2.03. The van der Waals surface area contributed by atoms with Crippen molar-refractivity contribution in [3.8, 4) is 0 Å². The molecule has 128 valence electrons. The molecule has 9 heteroatoms. The zero-order valence-electron chi connectivity index (χ0n) is 12.5. The summed E-state index contributed by atoms with van der Waals surface area (Å²) >= 11 is 10.5. The third kappa shape index (κ3) is 4.75. The molecule has 0 unspecified atom stereocenters. The smallest absolute Gasteiger partial charge is 0.282 e. The number of amides is 1. The van der Waals surface area contributed by atoms with Gasteiger partial charge in [-0.25, -0.2) is 4.39 Å². The van der Waals surface area contributed by atoms with Crippen LogP contribution in [0, 0.1) is 5.82 Å². The van der Waals surface area contributed by atoms with E-state index in [0.29, 0.717) is 15.8 Å². The lowest BCUT2D eigenvalue weighted by atomic mass is 10.2. The molecule has 1 aromatic carbocycles. The molecular formula is C16H10BrClFN3O2S. The van der Waals surface area contributed by atoms with Gasteiger partial charge in [-0.2, -0.15) is 0 Å². The fourth-order valence-corrected chi connectivity index (χ4v) is 3.11. The largest absolute Gasteiger partial charge is 0.464 e. The first-order valence-corrected chi connectivity index (χ1v) is 8.98. The standard InChI is InChI=1S/C16H10BrClFN3O2S/c17-10-5-12(24-8-10)6-13(18)15-21-22-16(25-15)14(23)20-7-9-1-3-11(19)4-2-9/h1-6,8H,7H2,(H,20,23)/b13-6-. The molecule has 0 spiro atoms. The van der Waals surface area contributed by atoms with E-state index in [0.717, 1.165) is 21.4 Å². The molecule has 1 amide bonds. The van der Waals surface area contributed by atoms with Crippen LogP contribution in [0.2, 0.25) is 0 Å². The van der Waals surface area contributed by atoms with Gasteiger partial charge in [-0.3, -0.25) is 4.79 Å². The summed E-state index contributed by atoms with van der Waals surface area (Å²) in [6.45, 7) is 0.262. The number of aromatic nitrogens is 2. The number of carbonyl (C=O) groups excluding carboxylic acids is 1. The predicted octanol–water partition coefficient (Wildman–Crippen LogP) is 4.70. The first-order valence-electron chi connectivity index (χ1n) is 6.99. The highest BCUT2D eigenvalue weighted by Gasteiger charge is 2.14. The molecule has 3 rings (SSSR count). The van der Waals surface area contributed by atoms with Crippen LogP contribution in [0.5, 0.6) is 0 Å². The third-order valence-corrected chi connectivity index (χ3v) is 4.82. The van der Waals surface area contributed by atoms with E-state index in [-0.39, 0.29) is 23.3 Å². The van der Waals surface area contributed by atoms with E-state index in [9.17, 15) is 9.18 Å². The fourth-order valence-electron chi connectivity index (χ4n) is 1.86. The van der Waals surface area contributed by atoms with Crippen LogP contribution in [0.1, 0.15) is 26.1 Å². The Labute approximate surface area is 159 Å². The molecule has 2 heterocycles. The van der Waals surface area contributed by atoms with Gasteiger partial charge in [0.25, 0.3) is 5.91 Å². The number of furan rings is 1. The molecule has 0 radical (unpaired) electrons. The molecule has 0 atom stereocenters. The zero-order valence-corrected chi connectivity index (χ0v) is 15.7. The first-order chi connectivity index (χ1) is 12.0. The molecule has 0 aliphatic carbocycles. The lowest BCUT2D eigenvalue weighted by Gasteiger charge is -2.02. The van der Waals surface area contributed by atoms with E-state index in [4.69, 9.17) is 16.0 Å². The highest BCUT2D eigenvalue weighted by atomic mass is 79.9. The molecule has 0 fully saturated rings. The van der Waals surface area contributed by atoms with E-state index in [2.05, 4.69) is 31.4 Å². The van der Waals surface area contributed by atoms with E-state index in [1.54, 1.807) is 24.3 Å². The zero-order chi connectivity index (χ0) is 17.8. The normalized spacial score (nSPS) is 11.6. The van der Waals surface area contributed by atoms with Gasteiger partial charge in [-0.15, -0.1) is 10.2 Å². The van der Waals surface area contributed by atoms with Gasteiger partial charge in [-0.1, -0.05) is 35.1 Å². The van der Waals surface area contributed by atoms with Crippen molar-refractivity contribution in [3.63, 3.8) is 0 Å². The van der Waals surface area contributed by atoms with Crippen molar-refractivity contribution in [3.05, 3.63) is 68.2 Å². The van der Waals surface area contributed by atoms with Crippen molar-refractivity contribution < 1.29 is 13.6 Å². The van der Waals surface area contributed by atoms with Crippen LogP contribution in [0.4, 0.5) is 4.39 Å². The summed E-state index contributed by atoms with van der Waals surface area (Å²) in [6.07, 6.45) is 3.12. The molecule has 0 bridgehead atoms. The molecule has 0 aliphatic rings. The maximum absolute atomic E-state index is 12.9. The van der Waals surface area contributed by atoms with E-state index in [1.807, 2.05) is 0 Å². The number of benzene rings is 1. The lowest BCUT2D eigenvalue weighted by Crippen LogP contribution is -2.22. The first kappa shape index (κ1) is 17.8. The molecular weight excluding hydrogens is 433 g/mol. The Morgan fingerprint density at radius 1 is 1.32 bits per heavy atom. The molecule has 1 N–H and O–H groups in total. The maximum Gasteiger partial charge on any atom is 0.282 e. The van der Waals surface area contributed by atoms with Crippen molar-refractivity contribution in [1.82, 2.24) is 15.5 Å². The molecule has 0 aliphatic heterocycles. The van der Waals surface area contributed by atoms with Gasteiger partial charge in [0.1, 0.15) is 17.8 Å². The van der Waals surface area contributed by atoms with Crippen molar-refractivity contribution in [1.29, 1.82) is 0 Å². The van der Waals surface area contributed by atoms with Crippen LogP contribution < -0.4 is 5.32 Å². The van der Waals surface area contributed by atoms with Gasteiger partial charge in [0, 0.05) is 12.6 Å². The van der Waals surface area contributed by atoms with Gasteiger partial charge in [0.2, 0.25) is 5.01 Å². The number of rotatable bonds is 5. The monoisotopic (exact) mass is 441 g/mol. The van der Waals surface area contributed by atoms with Gasteiger partial charge < -0.3 is 9.73 Å². The summed E-state index contributed by atoms with van der Waals surface area (Å²) in [6, 6.07) is 7.62. The molecule has 0 saturated carbocycles. The van der Waals surface area contributed by atoms with Crippen molar-refractivity contribution in [2.24, 2.45) is 0 Å². The number of hydrogen-bond donors (Lipinski definition) is 1. The Balaban J connectivity index is 1.64. The SMILES string of the molecule is O=C(NCc1ccc(F)cc1)c1nnc(/C(Cl)=C/c2cc(Br)co2)s1. The average molecular weight is 443 g/mol. The third-order valence-electron chi connectivity index (χ3n) is 3.05. The van der Waals surface area contributed by atoms with Crippen molar-refractivity contribution >= 4 is 55.9 Å². The van der Waals surface area contributed by atoms with Crippen LogP contribution >= 0.6 is 38.9 Å². The Morgan fingerprint density at radius 2 is 2.04 bits per heavy atom. The number of hydrogen-bond acceptors (Lipinski definition) is 5. The Morgan fingerprint density at radius 3 is 2.72 bits per heavy atom. The highest BCUT2D eigenvalue weighted by molar-refractivity contribution is 9.10. The molecule has 3 aromatic rings. The minimum absolute atomic E-state index is 0.185. The van der Waals surface area contributed by atoms with Gasteiger partial charge >= 0.3 is 0 Å². The van der Waals surface area contributed by atoms with E-state index >= 15 is 0 Å². The second-order valence-electron chi connectivity index (χ2n) is 4.88. The van der Waals surface area contributed by atoms with Gasteiger partial charge in [0.15, 0.2) is 5.01 Å². The van der Waals surface area contributed by atoms with Crippen molar-refractivity contribution in [2.45, 2.75) is 6.54 Å². The quantitative estimate of drug-likeness (QED) is 0.622. The van der Waals surface area contributed by atoms with Crippen LogP contribution in [-0.2, 0) is 6.54 Å². The number of carbonyl (C=O) groups is 1. The predicted molar refractivity (Wildman–Crippen MR) is 97.6 cm³/mol. The average Bonchev–Trinajstić information content (AvgIpc) is 3.23. The van der Waals surface area contributed by atoms with Crippen LogP contribution in [-0.4, -0.2) is 16.1 Å². The van der Waals surface area contributed by atoms with Crippen LogP contribution in [0.25, 0.3) is 11.1 Å². The molecule has 2 aromatic heterocycles.